The van der Waals surface area contributed by atoms with Gasteiger partial charge in [-0.1, -0.05) is 54.1 Å². The molecule has 2 nitrogen and oxygen atoms in total. The van der Waals surface area contributed by atoms with E-state index in [2.05, 4.69) is 10.5 Å². The third-order valence-corrected chi connectivity index (χ3v) is 3.56. The Bertz CT molecular complexity index is 797. The first-order chi connectivity index (χ1) is 11.2. The van der Waals surface area contributed by atoms with Crippen molar-refractivity contribution >= 4 is 23.0 Å². The third kappa shape index (κ3) is 3.96. The summed E-state index contributed by atoms with van der Waals surface area (Å²) in [6.07, 6.45) is 0. The number of anilines is 1. The molecule has 3 aromatic rings. The molecule has 0 amide bonds. The van der Waals surface area contributed by atoms with E-state index in [4.69, 9.17) is 11.6 Å². The third-order valence-electron chi connectivity index (χ3n) is 3.31. The molecule has 0 atom stereocenters. The Morgan fingerprint density at radius 2 is 1.39 bits per heavy atom. The molecule has 0 aromatic heterocycles. The largest absolute Gasteiger partial charge is 0.278 e. The molecule has 1 N–H and O–H groups in total. The van der Waals surface area contributed by atoms with E-state index in [1.165, 1.54) is 12.1 Å². The number of hydrogen-bond donors (Lipinski definition) is 1. The van der Waals surface area contributed by atoms with Crippen molar-refractivity contribution in [3.63, 3.8) is 0 Å². The number of halogens is 2. The normalized spacial score (nSPS) is 11.3. The molecule has 0 bridgehead atoms. The van der Waals surface area contributed by atoms with E-state index in [9.17, 15) is 4.39 Å². The molecule has 0 heterocycles. The maximum absolute atomic E-state index is 13.0. The van der Waals surface area contributed by atoms with Crippen LogP contribution in [0.1, 0.15) is 11.1 Å². The number of hydrogen-bond acceptors (Lipinski definition) is 2. The zero-order chi connectivity index (χ0) is 16.1. The van der Waals surface area contributed by atoms with Crippen molar-refractivity contribution in [2.24, 2.45) is 5.10 Å². The molecule has 3 rings (SSSR count). The highest BCUT2D eigenvalue weighted by atomic mass is 35.5. The molecule has 0 saturated carbocycles. The molecule has 0 radical (unpaired) electrons. The first-order valence-electron chi connectivity index (χ1n) is 7.13. The van der Waals surface area contributed by atoms with Gasteiger partial charge in [-0.25, -0.2) is 4.39 Å². The van der Waals surface area contributed by atoms with E-state index in [1.807, 2.05) is 54.6 Å². The SMILES string of the molecule is Fc1ccc(N/N=C(\c2ccccc2)c2ccc(Cl)cc2)cc1. The van der Waals surface area contributed by atoms with E-state index in [1.54, 1.807) is 12.1 Å². The fourth-order valence-electron chi connectivity index (χ4n) is 2.14. The summed E-state index contributed by atoms with van der Waals surface area (Å²) >= 11 is 5.96. The number of rotatable bonds is 4. The predicted molar refractivity (Wildman–Crippen MR) is 93.6 cm³/mol. The lowest BCUT2D eigenvalue weighted by atomic mass is 10.0. The van der Waals surface area contributed by atoms with Gasteiger partial charge in [0.15, 0.2) is 0 Å². The first kappa shape index (κ1) is 15.3. The average Bonchev–Trinajstić information content (AvgIpc) is 2.59. The Morgan fingerprint density at radius 3 is 2.04 bits per heavy atom. The zero-order valence-electron chi connectivity index (χ0n) is 12.2. The minimum Gasteiger partial charge on any atom is -0.278 e. The van der Waals surface area contributed by atoms with Crippen LogP contribution >= 0.6 is 11.6 Å². The van der Waals surface area contributed by atoms with Crippen molar-refractivity contribution in [1.29, 1.82) is 0 Å². The standard InChI is InChI=1S/C19H14ClFN2/c20-16-8-6-15(7-9-16)19(14-4-2-1-3-5-14)23-22-18-12-10-17(21)11-13-18/h1-13,22H/b23-19+. The second-order valence-electron chi connectivity index (χ2n) is 4.95. The van der Waals surface area contributed by atoms with Gasteiger partial charge in [0.2, 0.25) is 0 Å². The van der Waals surface area contributed by atoms with Crippen LogP contribution in [-0.2, 0) is 0 Å². The maximum Gasteiger partial charge on any atom is 0.123 e. The molecule has 0 aliphatic rings. The lowest BCUT2D eigenvalue weighted by Gasteiger charge is -2.09. The number of nitrogens with zero attached hydrogens (tertiary/aromatic N) is 1. The quantitative estimate of drug-likeness (QED) is 0.508. The molecule has 0 aliphatic carbocycles. The van der Waals surface area contributed by atoms with Gasteiger partial charge >= 0.3 is 0 Å². The second kappa shape index (κ2) is 7.07. The van der Waals surface area contributed by atoms with E-state index in [0.717, 1.165) is 16.8 Å². The van der Waals surface area contributed by atoms with Gasteiger partial charge in [0.05, 0.1) is 11.4 Å². The van der Waals surface area contributed by atoms with Gasteiger partial charge in [-0.2, -0.15) is 5.10 Å². The van der Waals surface area contributed by atoms with Gasteiger partial charge in [-0.15, -0.1) is 0 Å². The molecule has 114 valence electrons. The number of nitrogens with one attached hydrogen (secondary N) is 1. The summed E-state index contributed by atoms with van der Waals surface area (Å²) in [5.41, 5.74) is 6.39. The van der Waals surface area contributed by atoms with Gasteiger partial charge in [0.1, 0.15) is 5.82 Å². The first-order valence-corrected chi connectivity index (χ1v) is 7.51. The van der Waals surface area contributed by atoms with Crippen LogP contribution in [0, 0.1) is 5.82 Å². The van der Waals surface area contributed by atoms with Crippen LogP contribution in [0.3, 0.4) is 0 Å². The van der Waals surface area contributed by atoms with Crippen LogP contribution < -0.4 is 5.43 Å². The summed E-state index contributed by atoms with van der Waals surface area (Å²) in [6, 6.07) is 23.4. The second-order valence-corrected chi connectivity index (χ2v) is 5.39. The van der Waals surface area contributed by atoms with Gasteiger partial charge in [0.25, 0.3) is 0 Å². The van der Waals surface area contributed by atoms with E-state index in [0.29, 0.717) is 10.7 Å². The maximum atomic E-state index is 13.0. The van der Waals surface area contributed by atoms with E-state index >= 15 is 0 Å². The predicted octanol–water partition coefficient (Wildman–Crippen LogP) is 5.34. The van der Waals surface area contributed by atoms with E-state index in [-0.39, 0.29) is 5.82 Å². The van der Waals surface area contributed by atoms with Crippen molar-refractivity contribution in [2.75, 3.05) is 5.43 Å². The van der Waals surface area contributed by atoms with Crippen LogP contribution in [0.25, 0.3) is 0 Å². The minimum absolute atomic E-state index is 0.277. The molecule has 4 heteroatoms. The van der Waals surface area contributed by atoms with Crippen molar-refractivity contribution < 1.29 is 4.39 Å². The smallest absolute Gasteiger partial charge is 0.123 e. The fraction of sp³-hybridized carbons (Fsp3) is 0. The summed E-state index contributed by atoms with van der Waals surface area (Å²) in [6.45, 7) is 0. The summed E-state index contributed by atoms with van der Waals surface area (Å²) in [5.74, 6) is -0.277. The van der Waals surface area contributed by atoms with Crippen LogP contribution in [0.4, 0.5) is 10.1 Å². The molecule has 0 fully saturated rings. The molecular weight excluding hydrogens is 311 g/mol. The highest BCUT2D eigenvalue weighted by Crippen LogP contribution is 2.16. The van der Waals surface area contributed by atoms with Crippen LogP contribution in [0.5, 0.6) is 0 Å². The van der Waals surface area contributed by atoms with Crippen molar-refractivity contribution in [2.45, 2.75) is 0 Å². The number of hydrazone groups is 1. The topological polar surface area (TPSA) is 24.4 Å². The summed E-state index contributed by atoms with van der Waals surface area (Å²) in [7, 11) is 0. The molecule has 0 saturated heterocycles. The number of benzene rings is 3. The lowest BCUT2D eigenvalue weighted by molar-refractivity contribution is 0.628. The van der Waals surface area contributed by atoms with Gasteiger partial charge in [-0.05, 0) is 36.4 Å². The zero-order valence-corrected chi connectivity index (χ0v) is 13.0. The van der Waals surface area contributed by atoms with Crippen LogP contribution in [-0.4, -0.2) is 5.71 Å². The Morgan fingerprint density at radius 1 is 0.783 bits per heavy atom. The lowest BCUT2D eigenvalue weighted by Crippen LogP contribution is -2.06. The minimum atomic E-state index is -0.277. The Labute approximate surface area is 139 Å². The highest BCUT2D eigenvalue weighted by Gasteiger charge is 2.07. The van der Waals surface area contributed by atoms with Crippen LogP contribution in [0.2, 0.25) is 5.02 Å². The summed E-state index contributed by atoms with van der Waals surface area (Å²) < 4.78 is 13.0. The Kier molecular flexibility index (Phi) is 4.69. The van der Waals surface area contributed by atoms with Gasteiger partial charge in [0, 0.05) is 16.1 Å². The molecular formula is C19H14ClFN2. The summed E-state index contributed by atoms with van der Waals surface area (Å²) in [4.78, 5) is 0. The molecule has 0 spiro atoms. The molecule has 3 aromatic carbocycles. The average molecular weight is 325 g/mol. The van der Waals surface area contributed by atoms with Gasteiger partial charge < -0.3 is 0 Å². The molecule has 23 heavy (non-hydrogen) atoms. The highest BCUT2D eigenvalue weighted by molar-refractivity contribution is 6.30. The van der Waals surface area contributed by atoms with Crippen molar-refractivity contribution in [3.05, 3.63) is 101 Å². The van der Waals surface area contributed by atoms with E-state index < -0.39 is 0 Å². The van der Waals surface area contributed by atoms with Crippen LogP contribution in [0.15, 0.2) is 84.0 Å². The van der Waals surface area contributed by atoms with Crippen molar-refractivity contribution in [1.82, 2.24) is 0 Å². The monoisotopic (exact) mass is 324 g/mol. The summed E-state index contributed by atoms with van der Waals surface area (Å²) in [5, 5.41) is 5.17. The Balaban J connectivity index is 1.96. The fourth-order valence-corrected chi connectivity index (χ4v) is 2.27. The molecule has 0 aliphatic heterocycles. The Hall–Kier alpha value is -2.65. The van der Waals surface area contributed by atoms with Gasteiger partial charge in [-0.3, -0.25) is 5.43 Å². The molecule has 0 unspecified atom stereocenters. The van der Waals surface area contributed by atoms with Crippen molar-refractivity contribution in [3.8, 4) is 0 Å².